The highest BCUT2D eigenvalue weighted by Gasteiger charge is 2.39. The van der Waals surface area contributed by atoms with E-state index in [1.807, 2.05) is 6.92 Å². The number of nitrogens with zero attached hydrogens (tertiary/aromatic N) is 1. The molecule has 0 aliphatic carbocycles. The second-order valence-corrected chi connectivity index (χ2v) is 2.99. The van der Waals surface area contributed by atoms with Crippen LogP contribution in [0.25, 0.3) is 0 Å². The van der Waals surface area contributed by atoms with Crippen molar-refractivity contribution < 1.29 is 13.2 Å². The van der Waals surface area contributed by atoms with Crippen LogP contribution < -0.4 is 0 Å². The van der Waals surface area contributed by atoms with E-state index in [1.165, 1.54) is 13.0 Å². The molecule has 1 nitrogen and oxygen atoms in total. The van der Waals surface area contributed by atoms with Crippen molar-refractivity contribution in [2.45, 2.75) is 26.9 Å². The zero-order chi connectivity index (χ0) is 10.6. The number of hydrogen-bond acceptors (Lipinski definition) is 1. The van der Waals surface area contributed by atoms with E-state index in [9.17, 15) is 13.2 Å². The van der Waals surface area contributed by atoms with Crippen LogP contribution >= 0.6 is 0 Å². The zero-order valence-electron chi connectivity index (χ0n) is 8.44. The molecular formula is C9H16F3N. The van der Waals surface area contributed by atoms with Crippen molar-refractivity contribution in [3.8, 4) is 0 Å². The quantitative estimate of drug-likeness (QED) is 0.669. The highest BCUT2D eigenvalue weighted by Crippen LogP contribution is 2.32. The van der Waals surface area contributed by atoms with Crippen LogP contribution in [0.4, 0.5) is 13.2 Å². The molecule has 0 radical (unpaired) electrons. The number of hydrogen-bond donors (Lipinski definition) is 0. The van der Waals surface area contributed by atoms with Crippen LogP contribution in [-0.2, 0) is 0 Å². The zero-order valence-corrected chi connectivity index (χ0v) is 8.44. The molecule has 0 spiro atoms. The molecule has 4 heteroatoms. The number of halogens is 3. The molecule has 0 aromatic heterocycles. The Kier molecular flexibility index (Phi) is 4.30. The van der Waals surface area contributed by atoms with Gasteiger partial charge in [0.25, 0.3) is 0 Å². The predicted molar refractivity (Wildman–Crippen MR) is 47.3 cm³/mol. The standard InChI is InChI=1S/C9H16F3N/c1-5-8(13(4)6-2)7(3)9(10,11)12/h5,7H,6H2,1-4H3/b8-5-. The summed E-state index contributed by atoms with van der Waals surface area (Å²) in [5, 5.41) is 0. The van der Waals surface area contributed by atoms with Gasteiger partial charge in [-0.1, -0.05) is 6.08 Å². The largest absolute Gasteiger partial charge is 0.396 e. The van der Waals surface area contributed by atoms with Gasteiger partial charge in [-0.05, 0) is 20.8 Å². The highest BCUT2D eigenvalue weighted by atomic mass is 19.4. The Balaban J connectivity index is 4.62. The molecule has 0 N–H and O–H groups in total. The van der Waals surface area contributed by atoms with Crippen molar-refractivity contribution in [1.82, 2.24) is 4.90 Å². The van der Waals surface area contributed by atoms with Crippen molar-refractivity contribution in [3.05, 3.63) is 11.8 Å². The maximum atomic E-state index is 12.3. The Morgan fingerprint density at radius 3 is 2.15 bits per heavy atom. The van der Waals surface area contributed by atoms with E-state index < -0.39 is 12.1 Å². The molecule has 0 saturated carbocycles. The number of rotatable bonds is 3. The summed E-state index contributed by atoms with van der Waals surface area (Å²) >= 11 is 0. The van der Waals surface area contributed by atoms with E-state index in [0.717, 1.165) is 0 Å². The fourth-order valence-corrected chi connectivity index (χ4v) is 1.15. The molecule has 0 aliphatic rings. The van der Waals surface area contributed by atoms with Gasteiger partial charge < -0.3 is 4.90 Å². The maximum Gasteiger partial charge on any atom is 0.396 e. The third kappa shape index (κ3) is 3.28. The lowest BCUT2D eigenvalue weighted by Gasteiger charge is -2.27. The SMILES string of the molecule is C/C=C(/C(C)C(F)(F)F)N(C)CC. The Morgan fingerprint density at radius 2 is 1.92 bits per heavy atom. The summed E-state index contributed by atoms with van der Waals surface area (Å²) < 4.78 is 36.9. The summed E-state index contributed by atoms with van der Waals surface area (Å²) in [6, 6.07) is 0. The summed E-state index contributed by atoms with van der Waals surface area (Å²) in [6.07, 6.45) is -2.63. The summed E-state index contributed by atoms with van der Waals surface area (Å²) in [5.74, 6) is -1.39. The molecular weight excluding hydrogens is 179 g/mol. The van der Waals surface area contributed by atoms with E-state index in [0.29, 0.717) is 12.2 Å². The lowest BCUT2D eigenvalue weighted by Crippen LogP contribution is -2.30. The molecule has 13 heavy (non-hydrogen) atoms. The van der Waals surface area contributed by atoms with Gasteiger partial charge in [0.1, 0.15) is 0 Å². The third-order valence-electron chi connectivity index (χ3n) is 2.15. The average Bonchev–Trinajstić information content (AvgIpc) is 2.03. The topological polar surface area (TPSA) is 3.24 Å². The van der Waals surface area contributed by atoms with E-state index in [-0.39, 0.29) is 0 Å². The minimum absolute atomic E-state index is 0.329. The van der Waals surface area contributed by atoms with Gasteiger partial charge in [0.05, 0.1) is 5.92 Å². The smallest absolute Gasteiger partial charge is 0.378 e. The average molecular weight is 195 g/mol. The number of allylic oxidation sites excluding steroid dienone is 2. The molecule has 78 valence electrons. The van der Waals surface area contributed by atoms with Gasteiger partial charge in [-0.15, -0.1) is 0 Å². The van der Waals surface area contributed by atoms with Crippen LogP contribution in [0.1, 0.15) is 20.8 Å². The molecule has 0 saturated heterocycles. The molecule has 0 aromatic rings. The Labute approximate surface area is 77.2 Å². The van der Waals surface area contributed by atoms with Crippen LogP contribution in [0.15, 0.2) is 11.8 Å². The summed E-state index contributed by atoms with van der Waals surface area (Å²) in [6.45, 7) is 5.22. The van der Waals surface area contributed by atoms with Crippen molar-refractivity contribution >= 4 is 0 Å². The first kappa shape index (κ1) is 12.3. The van der Waals surface area contributed by atoms with Gasteiger partial charge in [0, 0.05) is 19.3 Å². The van der Waals surface area contributed by atoms with Gasteiger partial charge >= 0.3 is 6.18 Å². The van der Waals surface area contributed by atoms with Gasteiger partial charge in [0.2, 0.25) is 0 Å². The first-order valence-corrected chi connectivity index (χ1v) is 4.28. The van der Waals surface area contributed by atoms with Gasteiger partial charge in [-0.25, -0.2) is 0 Å². The first-order valence-electron chi connectivity index (χ1n) is 4.28. The van der Waals surface area contributed by atoms with Crippen LogP contribution in [0.5, 0.6) is 0 Å². The monoisotopic (exact) mass is 195 g/mol. The van der Waals surface area contributed by atoms with Gasteiger partial charge in [0.15, 0.2) is 0 Å². The lowest BCUT2D eigenvalue weighted by molar-refractivity contribution is -0.163. The third-order valence-corrected chi connectivity index (χ3v) is 2.15. The first-order chi connectivity index (χ1) is 5.84. The Morgan fingerprint density at radius 1 is 1.46 bits per heavy atom. The molecule has 0 fully saturated rings. The highest BCUT2D eigenvalue weighted by molar-refractivity contribution is 5.05. The van der Waals surface area contributed by atoms with E-state index in [2.05, 4.69) is 0 Å². The molecule has 0 aliphatic heterocycles. The molecule has 0 bridgehead atoms. The van der Waals surface area contributed by atoms with Crippen LogP contribution in [0, 0.1) is 5.92 Å². The summed E-state index contributed by atoms with van der Waals surface area (Å²) in [5.41, 5.74) is 0.329. The van der Waals surface area contributed by atoms with Crippen LogP contribution in [-0.4, -0.2) is 24.7 Å². The lowest BCUT2D eigenvalue weighted by atomic mass is 10.1. The second kappa shape index (κ2) is 4.53. The molecule has 0 rings (SSSR count). The second-order valence-electron chi connectivity index (χ2n) is 2.99. The minimum atomic E-state index is -4.15. The normalized spacial score (nSPS) is 15.8. The van der Waals surface area contributed by atoms with Crippen LogP contribution in [0.2, 0.25) is 0 Å². The van der Waals surface area contributed by atoms with Crippen molar-refractivity contribution in [2.24, 2.45) is 5.92 Å². The predicted octanol–water partition coefficient (Wildman–Crippen LogP) is 3.04. The summed E-state index contributed by atoms with van der Waals surface area (Å²) in [4.78, 5) is 1.61. The Bertz CT molecular complexity index is 184. The van der Waals surface area contributed by atoms with Gasteiger partial charge in [-0.3, -0.25) is 0 Å². The Hall–Kier alpha value is -0.670. The van der Waals surface area contributed by atoms with Gasteiger partial charge in [-0.2, -0.15) is 13.2 Å². The minimum Gasteiger partial charge on any atom is -0.378 e. The fraction of sp³-hybridized carbons (Fsp3) is 0.778. The molecule has 0 aromatic carbocycles. The van der Waals surface area contributed by atoms with E-state index in [4.69, 9.17) is 0 Å². The molecule has 0 heterocycles. The molecule has 1 unspecified atom stereocenters. The van der Waals surface area contributed by atoms with Crippen LogP contribution in [0.3, 0.4) is 0 Å². The van der Waals surface area contributed by atoms with E-state index >= 15 is 0 Å². The summed E-state index contributed by atoms with van der Waals surface area (Å²) in [7, 11) is 1.66. The maximum absolute atomic E-state index is 12.3. The number of alkyl halides is 3. The van der Waals surface area contributed by atoms with Crippen molar-refractivity contribution in [2.75, 3.05) is 13.6 Å². The van der Waals surface area contributed by atoms with Crippen molar-refractivity contribution in [3.63, 3.8) is 0 Å². The van der Waals surface area contributed by atoms with Crippen molar-refractivity contribution in [1.29, 1.82) is 0 Å². The molecule has 0 amide bonds. The van der Waals surface area contributed by atoms with E-state index in [1.54, 1.807) is 18.9 Å². The molecule has 1 atom stereocenters. The fourth-order valence-electron chi connectivity index (χ4n) is 1.15.